The van der Waals surface area contributed by atoms with Gasteiger partial charge in [-0.15, -0.1) is 0 Å². The van der Waals surface area contributed by atoms with E-state index < -0.39 is 0 Å². The first-order valence-electron chi connectivity index (χ1n) is 8.27. The highest BCUT2D eigenvalue weighted by molar-refractivity contribution is 5.95. The van der Waals surface area contributed by atoms with Gasteiger partial charge in [0, 0.05) is 17.2 Å². The van der Waals surface area contributed by atoms with E-state index in [1.807, 2.05) is 47.3 Å². The molecule has 0 aliphatic carbocycles. The molecule has 0 saturated heterocycles. The Hall–Kier alpha value is -3.14. The SMILES string of the molecule is O=C(C[n+]1cccc(-c2ccccc2)c1)c1ccc2c(c1)OCCO2. The van der Waals surface area contributed by atoms with Crippen molar-refractivity contribution in [3.05, 3.63) is 78.6 Å². The molecule has 0 atom stereocenters. The summed E-state index contributed by atoms with van der Waals surface area (Å²) in [6.45, 7) is 1.33. The Morgan fingerprint density at radius 2 is 1.64 bits per heavy atom. The Balaban J connectivity index is 1.55. The van der Waals surface area contributed by atoms with Gasteiger partial charge in [-0.3, -0.25) is 4.79 Å². The summed E-state index contributed by atoms with van der Waals surface area (Å²) in [5.41, 5.74) is 2.84. The monoisotopic (exact) mass is 332 g/mol. The molecule has 0 unspecified atom stereocenters. The Labute approximate surface area is 146 Å². The van der Waals surface area contributed by atoms with Gasteiger partial charge in [0.05, 0.1) is 0 Å². The smallest absolute Gasteiger partial charge is 0.227 e. The molecule has 0 radical (unpaired) electrons. The van der Waals surface area contributed by atoms with Gasteiger partial charge in [0.25, 0.3) is 0 Å². The molecule has 4 nitrogen and oxygen atoms in total. The van der Waals surface area contributed by atoms with Crippen LogP contribution in [0, 0.1) is 0 Å². The second-order valence-corrected chi connectivity index (χ2v) is 5.91. The molecule has 0 spiro atoms. The van der Waals surface area contributed by atoms with Crippen molar-refractivity contribution in [2.24, 2.45) is 0 Å². The summed E-state index contributed by atoms with van der Waals surface area (Å²) in [4.78, 5) is 12.6. The molecule has 25 heavy (non-hydrogen) atoms. The maximum atomic E-state index is 12.6. The van der Waals surface area contributed by atoms with Gasteiger partial charge in [0.15, 0.2) is 23.9 Å². The Kier molecular flexibility index (Phi) is 4.17. The van der Waals surface area contributed by atoms with Crippen molar-refractivity contribution in [2.75, 3.05) is 13.2 Å². The van der Waals surface area contributed by atoms with Gasteiger partial charge in [0.1, 0.15) is 13.2 Å². The Bertz CT molecular complexity index is 906. The predicted octanol–water partition coefficient (Wildman–Crippen LogP) is 3.30. The average molecular weight is 332 g/mol. The average Bonchev–Trinajstić information content (AvgIpc) is 2.68. The molecule has 4 rings (SSSR count). The second kappa shape index (κ2) is 6.77. The van der Waals surface area contributed by atoms with Crippen LogP contribution in [0.5, 0.6) is 11.5 Å². The number of rotatable bonds is 4. The summed E-state index contributed by atoms with van der Waals surface area (Å²) >= 11 is 0. The lowest BCUT2D eigenvalue weighted by molar-refractivity contribution is -0.682. The van der Waals surface area contributed by atoms with Crippen LogP contribution in [0.1, 0.15) is 10.4 Å². The van der Waals surface area contributed by atoms with Gasteiger partial charge >= 0.3 is 0 Å². The lowest BCUT2D eigenvalue weighted by Gasteiger charge is -2.18. The van der Waals surface area contributed by atoms with Crippen LogP contribution in [-0.4, -0.2) is 19.0 Å². The number of hydrogen-bond donors (Lipinski definition) is 0. The molecule has 0 amide bonds. The fourth-order valence-corrected chi connectivity index (χ4v) is 2.90. The standard InChI is InChI=1S/C21H18NO3/c23-19(17-8-9-20-21(13-17)25-12-11-24-20)15-22-10-4-7-18(14-22)16-5-2-1-3-6-16/h1-10,13-14H,11-12,15H2/q+1. The summed E-state index contributed by atoms with van der Waals surface area (Å²) in [5.74, 6) is 1.37. The Morgan fingerprint density at radius 1 is 0.880 bits per heavy atom. The first-order valence-corrected chi connectivity index (χ1v) is 8.27. The van der Waals surface area contributed by atoms with Crippen molar-refractivity contribution in [1.82, 2.24) is 0 Å². The largest absolute Gasteiger partial charge is 0.486 e. The van der Waals surface area contributed by atoms with Crippen molar-refractivity contribution >= 4 is 5.78 Å². The van der Waals surface area contributed by atoms with E-state index in [4.69, 9.17) is 9.47 Å². The van der Waals surface area contributed by atoms with Gasteiger partial charge in [0.2, 0.25) is 12.3 Å². The van der Waals surface area contributed by atoms with Gasteiger partial charge in [-0.05, 0) is 29.8 Å². The molecular formula is C21H18NO3+. The highest BCUT2D eigenvalue weighted by Gasteiger charge is 2.18. The van der Waals surface area contributed by atoms with E-state index in [0.29, 0.717) is 30.3 Å². The number of carbonyl (C=O) groups is 1. The van der Waals surface area contributed by atoms with E-state index in [2.05, 4.69) is 12.1 Å². The highest BCUT2D eigenvalue weighted by atomic mass is 16.6. The second-order valence-electron chi connectivity index (χ2n) is 5.91. The van der Waals surface area contributed by atoms with Crippen LogP contribution in [-0.2, 0) is 6.54 Å². The predicted molar refractivity (Wildman–Crippen MR) is 93.8 cm³/mol. The number of benzene rings is 2. The van der Waals surface area contributed by atoms with Crippen molar-refractivity contribution in [2.45, 2.75) is 6.54 Å². The van der Waals surface area contributed by atoms with Crippen LogP contribution in [0.4, 0.5) is 0 Å². The number of aromatic nitrogens is 1. The number of hydrogen-bond acceptors (Lipinski definition) is 3. The first kappa shape index (κ1) is 15.4. The number of carbonyl (C=O) groups excluding carboxylic acids is 1. The number of ketones is 1. The van der Waals surface area contributed by atoms with Gasteiger partial charge in [-0.1, -0.05) is 30.3 Å². The van der Waals surface area contributed by atoms with E-state index in [1.54, 1.807) is 18.2 Å². The van der Waals surface area contributed by atoms with E-state index in [0.717, 1.165) is 11.1 Å². The first-order chi connectivity index (χ1) is 12.3. The molecule has 4 heteroatoms. The highest BCUT2D eigenvalue weighted by Crippen LogP contribution is 2.30. The molecule has 2 aromatic carbocycles. The van der Waals surface area contributed by atoms with Crippen LogP contribution in [0.2, 0.25) is 0 Å². The van der Waals surface area contributed by atoms with E-state index >= 15 is 0 Å². The number of nitrogens with zero attached hydrogens (tertiary/aromatic N) is 1. The van der Waals surface area contributed by atoms with Crippen molar-refractivity contribution in [3.63, 3.8) is 0 Å². The van der Waals surface area contributed by atoms with Crippen LogP contribution in [0.15, 0.2) is 73.1 Å². The number of Topliss-reactive ketones (excluding diaryl/α,β-unsaturated/α-hetero) is 1. The van der Waals surface area contributed by atoms with Crippen LogP contribution in [0.25, 0.3) is 11.1 Å². The third-order valence-corrected chi connectivity index (χ3v) is 4.16. The fraction of sp³-hybridized carbons (Fsp3) is 0.143. The normalized spacial score (nSPS) is 12.6. The number of fused-ring (bicyclic) bond motifs is 1. The lowest BCUT2D eigenvalue weighted by Crippen LogP contribution is -2.37. The molecule has 3 aromatic rings. The zero-order valence-electron chi connectivity index (χ0n) is 13.7. The molecule has 124 valence electrons. The lowest BCUT2D eigenvalue weighted by atomic mass is 10.1. The third-order valence-electron chi connectivity index (χ3n) is 4.16. The zero-order valence-corrected chi connectivity index (χ0v) is 13.7. The summed E-state index contributed by atoms with van der Waals surface area (Å²) in [5, 5.41) is 0. The molecule has 1 aromatic heterocycles. The van der Waals surface area contributed by atoms with E-state index in [-0.39, 0.29) is 12.3 Å². The van der Waals surface area contributed by atoms with Crippen LogP contribution in [0.3, 0.4) is 0 Å². The molecule has 0 bridgehead atoms. The number of ether oxygens (including phenoxy) is 2. The minimum atomic E-state index is 0.0344. The van der Waals surface area contributed by atoms with E-state index in [9.17, 15) is 4.79 Å². The minimum absolute atomic E-state index is 0.0344. The molecule has 0 fully saturated rings. The zero-order chi connectivity index (χ0) is 17.1. The molecule has 1 aliphatic rings. The topological polar surface area (TPSA) is 39.4 Å². The molecule has 2 heterocycles. The molecule has 0 N–H and O–H groups in total. The van der Waals surface area contributed by atoms with Crippen LogP contribution >= 0.6 is 0 Å². The van der Waals surface area contributed by atoms with Crippen molar-refractivity contribution in [1.29, 1.82) is 0 Å². The van der Waals surface area contributed by atoms with Crippen LogP contribution < -0.4 is 14.0 Å². The van der Waals surface area contributed by atoms with Crippen molar-refractivity contribution < 1.29 is 18.8 Å². The quantitative estimate of drug-likeness (QED) is 0.544. The molecular weight excluding hydrogens is 314 g/mol. The summed E-state index contributed by atoms with van der Waals surface area (Å²) in [7, 11) is 0. The fourth-order valence-electron chi connectivity index (χ4n) is 2.90. The van der Waals surface area contributed by atoms with Gasteiger partial charge in [-0.25, -0.2) is 0 Å². The summed E-state index contributed by atoms with van der Waals surface area (Å²) in [6, 6.07) is 19.5. The van der Waals surface area contributed by atoms with Gasteiger partial charge in [-0.2, -0.15) is 4.57 Å². The maximum Gasteiger partial charge on any atom is 0.227 e. The van der Waals surface area contributed by atoms with Gasteiger partial charge < -0.3 is 9.47 Å². The van der Waals surface area contributed by atoms with E-state index in [1.165, 1.54) is 0 Å². The summed E-state index contributed by atoms with van der Waals surface area (Å²) < 4.78 is 13.0. The molecule has 0 saturated carbocycles. The maximum absolute atomic E-state index is 12.6. The number of pyridine rings is 1. The summed E-state index contributed by atoms with van der Waals surface area (Å²) in [6.07, 6.45) is 3.90. The molecule has 1 aliphatic heterocycles. The minimum Gasteiger partial charge on any atom is -0.486 e. The third kappa shape index (κ3) is 3.38. The van der Waals surface area contributed by atoms with Crippen molar-refractivity contribution in [3.8, 4) is 22.6 Å². The Morgan fingerprint density at radius 3 is 2.48 bits per heavy atom.